The fourth-order valence-corrected chi connectivity index (χ4v) is 0.745. The first kappa shape index (κ1) is 7.91. The van der Waals surface area contributed by atoms with E-state index in [2.05, 4.69) is 17.7 Å². The van der Waals surface area contributed by atoms with Crippen molar-refractivity contribution in [2.24, 2.45) is 0 Å². The topological polar surface area (TPSA) is 17.8 Å². The summed E-state index contributed by atoms with van der Waals surface area (Å²) in [6.07, 6.45) is 0.218. The summed E-state index contributed by atoms with van der Waals surface area (Å²) in [7, 11) is 0. The number of hydrogen-bond acceptors (Lipinski definition) is 1. The van der Waals surface area contributed by atoms with Crippen molar-refractivity contribution in [3.8, 4) is 0 Å². The Bertz CT molecular complexity index is 242. The molecule has 59 valence electrons. The van der Waals surface area contributed by atoms with Gasteiger partial charge in [0.25, 0.3) is 6.43 Å². The van der Waals surface area contributed by atoms with Crippen LogP contribution < -0.4 is 0 Å². The van der Waals surface area contributed by atoms with Gasteiger partial charge < -0.3 is 0 Å². The van der Waals surface area contributed by atoms with E-state index >= 15 is 0 Å². The number of hydrogen-bond donors (Lipinski definition) is 0. The van der Waals surface area contributed by atoms with Crippen molar-refractivity contribution in [2.45, 2.75) is 13.0 Å². The average molecular weight is 157 g/mol. The van der Waals surface area contributed by atoms with Crippen LogP contribution in [0.3, 0.4) is 0 Å². The monoisotopic (exact) mass is 157 g/mol. The van der Waals surface area contributed by atoms with Crippen LogP contribution in [0.4, 0.5) is 8.78 Å². The highest BCUT2D eigenvalue weighted by Crippen LogP contribution is 2.16. The lowest BCUT2D eigenvalue weighted by Crippen LogP contribution is -2.03. The molecule has 0 unspecified atom stereocenters. The Hall–Kier alpha value is -1.19. The Kier molecular flexibility index (Phi) is 2.36. The van der Waals surface area contributed by atoms with Gasteiger partial charge in [0.1, 0.15) is 5.69 Å². The van der Waals surface area contributed by atoms with Crippen LogP contribution in [0.2, 0.25) is 0 Å². The molecule has 11 heavy (non-hydrogen) atoms. The SMILES string of the molecule is C=CCn1nc[c]c1C(F)F. The van der Waals surface area contributed by atoms with E-state index in [1.807, 2.05) is 0 Å². The molecule has 4 heteroatoms. The van der Waals surface area contributed by atoms with Crippen LogP contribution in [0, 0.1) is 6.07 Å². The summed E-state index contributed by atoms with van der Waals surface area (Å²) in [4.78, 5) is 0. The minimum absolute atomic E-state index is 0.190. The molecule has 1 radical (unpaired) electrons. The maximum absolute atomic E-state index is 12.1. The van der Waals surface area contributed by atoms with Crippen LogP contribution in [-0.2, 0) is 6.54 Å². The molecule has 0 aromatic carbocycles. The van der Waals surface area contributed by atoms with Crippen molar-refractivity contribution in [1.29, 1.82) is 0 Å². The van der Waals surface area contributed by atoms with Gasteiger partial charge in [-0.15, -0.1) is 6.58 Å². The lowest BCUT2D eigenvalue weighted by Gasteiger charge is -2.01. The molecule has 0 saturated carbocycles. The number of nitrogens with zero attached hydrogens (tertiary/aromatic N) is 2. The first-order chi connectivity index (χ1) is 5.25. The van der Waals surface area contributed by atoms with Gasteiger partial charge >= 0.3 is 0 Å². The normalized spacial score (nSPS) is 10.5. The second kappa shape index (κ2) is 3.27. The van der Waals surface area contributed by atoms with E-state index in [1.54, 1.807) is 0 Å². The zero-order valence-corrected chi connectivity index (χ0v) is 5.80. The van der Waals surface area contributed by atoms with Crippen molar-refractivity contribution in [2.75, 3.05) is 0 Å². The molecule has 0 aliphatic heterocycles. The highest BCUT2D eigenvalue weighted by molar-refractivity contribution is 5.00. The second-order valence-electron chi connectivity index (χ2n) is 1.95. The van der Waals surface area contributed by atoms with Gasteiger partial charge in [0.2, 0.25) is 0 Å². The largest absolute Gasteiger partial charge is 0.280 e. The summed E-state index contributed by atoms with van der Waals surface area (Å²) in [6.45, 7) is 3.71. The van der Waals surface area contributed by atoms with Crippen molar-refractivity contribution < 1.29 is 8.78 Å². The molecule has 0 N–H and O–H groups in total. The Labute approximate surface area is 63.1 Å². The molecule has 2 nitrogen and oxygen atoms in total. The smallest absolute Gasteiger partial charge is 0.259 e. The number of rotatable bonds is 3. The highest BCUT2D eigenvalue weighted by Gasteiger charge is 2.11. The lowest BCUT2D eigenvalue weighted by atomic mass is 10.4. The molecule has 0 bridgehead atoms. The molecule has 0 amide bonds. The van der Waals surface area contributed by atoms with Crippen molar-refractivity contribution in [3.63, 3.8) is 0 Å². The van der Waals surface area contributed by atoms with Crippen LogP contribution in [0.1, 0.15) is 12.1 Å². The first-order valence-corrected chi connectivity index (χ1v) is 3.08. The molecule has 0 aliphatic rings. The molecule has 1 aromatic rings. The Morgan fingerprint density at radius 2 is 2.55 bits per heavy atom. The zero-order chi connectivity index (χ0) is 8.27. The number of aromatic nitrogens is 2. The quantitative estimate of drug-likeness (QED) is 0.612. The molecule has 0 saturated heterocycles. The number of allylic oxidation sites excluding steroid dienone is 1. The van der Waals surface area contributed by atoms with Gasteiger partial charge in [-0.25, -0.2) is 8.78 Å². The Morgan fingerprint density at radius 3 is 3.09 bits per heavy atom. The fourth-order valence-electron chi connectivity index (χ4n) is 0.745. The molecular formula is C7H7F2N2. The Balaban J connectivity index is 2.86. The molecule has 0 spiro atoms. The predicted molar refractivity (Wildman–Crippen MR) is 36.2 cm³/mol. The maximum atomic E-state index is 12.1. The van der Waals surface area contributed by atoms with Gasteiger partial charge in [-0.05, 0) is 0 Å². The summed E-state index contributed by atoms with van der Waals surface area (Å²) in [5.41, 5.74) is -0.190. The Morgan fingerprint density at radius 1 is 1.82 bits per heavy atom. The zero-order valence-electron chi connectivity index (χ0n) is 5.80. The van der Waals surface area contributed by atoms with Gasteiger partial charge in [-0.2, -0.15) is 5.10 Å². The summed E-state index contributed by atoms with van der Waals surface area (Å²) >= 11 is 0. The van der Waals surface area contributed by atoms with E-state index in [-0.39, 0.29) is 5.69 Å². The highest BCUT2D eigenvalue weighted by atomic mass is 19.3. The summed E-state index contributed by atoms with van der Waals surface area (Å²) in [6, 6.07) is 2.34. The van der Waals surface area contributed by atoms with Crippen LogP contribution in [0.15, 0.2) is 18.9 Å². The fraction of sp³-hybridized carbons (Fsp3) is 0.286. The number of halogens is 2. The molecule has 0 fully saturated rings. The summed E-state index contributed by atoms with van der Waals surface area (Å²) in [5, 5.41) is 3.64. The van der Waals surface area contributed by atoms with E-state index in [0.29, 0.717) is 6.54 Å². The maximum Gasteiger partial charge on any atom is 0.280 e. The van der Waals surface area contributed by atoms with Gasteiger partial charge in [0, 0.05) is 6.07 Å². The molecule has 1 aromatic heterocycles. The van der Waals surface area contributed by atoms with E-state index < -0.39 is 6.43 Å². The van der Waals surface area contributed by atoms with Crippen LogP contribution in [0.25, 0.3) is 0 Å². The van der Waals surface area contributed by atoms with Gasteiger partial charge in [-0.3, -0.25) is 4.68 Å². The second-order valence-corrected chi connectivity index (χ2v) is 1.95. The van der Waals surface area contributed by atoms with Crippen LogP contribution >= 0.6 is 0 Å². The van der Waals surface area contributed by atoms with Gasteiger partial charge in [0.05, 0.1) is 12.7 Å². The van der Waals surface area contributed by atoms with Crippen molar-refractivity contribution in [1.82, 2.24) is 9.78 Å². The van der Waals surface area contributed by atoms with Crippen molar-refractivity contribution >= 4 is 0 Å². The van der Waals surface area contributed by atoms with E-state index in [0.717, 1.165) is 4.68 Å². The standard InChI is InChI=1S/C7H7F2N2/c1-2-5-11-6(7(8)9)3-4-10-11/h2,4,7H,1,5H2. The third-order valence-electron chi connectivity index (χ3n) is 1.20. The van der Waals surface area contributed by atoms with Gasteiger partial charge in [-0.1, -0.05) is 6.08 Å². The molecular weight excluding hydrogens is 150 g/mol. The molecule has 1 rings (SSSR count). The minimum atomic E-state index is -2.52. The van der Waals surface area contributed by atoms with Crippen molar-refractivity contribution in [3.05, 3.63) is 30.6 Å². The van der Waals surface area contributed by atoms with Gasteiger partial charge in [0.15, 0.2) is 0 Å². The third-order valence-corrected chi connectivity index (χ3v) is 1.20. The molecule has 0 atom stereocenters. The summed E-state index contributed by atoms with van der Waals surface area (Å²) < 4.78 is 25.3. The first-order valence-electron chi connectivity index (χ1n) is 3.08. The minimum Gasteiger partial charge on any atom is -0.259 e. The molecule has 1 heterocycles. The number of alkyl halides is 2. The average Bonchev–Trinajstić information content (AvgIpc) is 2.36. The third kappa shape index (κ3) is 1.63. The molecule has 0 aliphatic carbocycles. The van der Waals surface area contributed by atoms with E-state index in [4.69, 9.17) is 0 Å². The van der Waals surface area contributed by atoms with E-state index in [9.17, 15) is 8.78 Å². The lowest BCUT2D eigenvalue weighted by molar-refractivity contribution is 0.139. The van der Waals surface area contributed by atoms with E-state index in [1.165, 1.54) is 12.3 Å². The van der Waals surface area contributed by atoms with Crippen LogP contribution in [0.5, 0.6) is 0 Å². The van der Waals surface area contributed by atoms with Crippen LogP contribution in [-0.4, -0.2) is 9.78 Å². The summed E-state index contributed by atoms with van der Waals surface area (Å²) in [5.74, 6) is 0. The predicted octanol–water partition coefficient (Wildman–Crippen LogP) is 1.81.